The van der Waals surface area contributed by atoms with Crippen LogP contribution in [0.15, 0.2) is 0 Å². The molecular formula is C10H23NO2. The molecule has 0 aromatic carbocycles. The quantitative estimate of drug-likeness (QED) is 0.651. The van der Waals surface area contributed by atoms with E-state index in [4.69, 9.17) is 4.74 Å². The van der Waals surface area contributed by atoms with Gasteiger partial charge < -0.3 is 14.7 Å². The highest BCUT2D eigenvalue weighted by Gasteiger charge is 2.13. The highest BCUT2D eigenvalue weighted by Crippen LogP contribution is 2.07. The Hall–Kier alpha value is -0.120. The molecule has 3 nitrogen and oxygen atoms in total. The average molecular weight is 189 g/mol. The monoisotopic (exact) mass is 189 g/mol. The molecule has 0 spiro atoms. The minimum atomic E-state index is -0.555. The molecule has 0 saturated heterocycles. The summed E-state index contributed by atoms with van der Waals surface area (Å²) in [5.74, 6) is 0. The van der Waals surface area contributed by atoms with Crippen molar-refractivity contribution in [2.45, 2.75) is 32.8 Å². The van der Waals surface area contributed by atoms with Crippen LogP contribution in [-0.2, 0) is 4.74 Å². The largest absolute Gasteiger partial charge is 0.390 e. The second-order valence-corrected chi connectivity index (χ2v) is 3.99. The molecule has 13 heavy (non-hydrogen) atoms. The van der Waals surface area contributed by atoms with Gasteiger partial charge in [0.15, 0.2) is 0 Å². The molecule has 0 heterocycles. The van der Waals surface area contributed by atoms with Crippen molar-refractivity contribution in [3.05, 3.63) is 0 Å². The van der Waals surface area contributed by atoms with Crippen molar-refractivity contribution in [1.29, 1.82) is 0 Å². The first-order valence-electron chi connectivity index (χ1n) is 4.93. The van der Waals surface area contributed by atoms with Crippen LogP contribution in [0.25, 0.3) is 0 Å². The van der Waals surface area contributed by atoms with Gasteiger partial charge in [-0.05, 0) is 26.8 Å². The lowest BCUT2D eigenvalue weighted by molar-refractivity contribution is 0.0540. The van der Waals surface area contributed by atoms with Gasteiger partial charge in [0.25, 0.3) is 0 Å². The van der Waals surface area contributed by atoms with E-state index in [1.807, 2.05) is 13.8 Å². The zero-order chi connectivity index (χ0) is 10.3. The van der Waals surface area contributed by atoms with E-state index >= 15 is 0 Å². The molecule has 0 atom stereocenters. The van der Waals surface area contributed by atoms with Crippen molar-refractivity contribution in [2.75, 3.05) is 33.4 Å². The van der Waals surface area contributed by atoms with E-state index in [9.17, 15) is 5.11 Å². The number of nitrogens with zero attached hydrogens (tertiary/aromatic N) is 1. The van der Waals surface area contributed by atoms with Crippen LogP contribution < -0.4 is 0 Å². The Morgan fingerprint density at radius 3 is 2.31 bits per heavy atom. The first kappa shape index (κ1) is 12.9. The second-order valence-electron chi connectivity index (χ2n) is 3.99. The maximum absolute atomic E-state index is 9.53. The third-order valence-electron chi connectivity index (χ3n) is 2.10. The summed E-state index contributed by atoms with van der Waals surface area (Å²) in [5.41, 5.74) is -0.555. The molecular weight excluding hydrogens is 166 g/mol. The number of rotatable bonds is 7. The molecule has 0 saturated carbocycles. The van der Waals surface area contributed by atoms with E-state index in [0.717, 1.165) is 32.7 Å². The Morgan fingerprint density at radius 2 is 1.92 bits per heavy atom. The molecule has 1 N–H and O–H groups in total. The van der Waals surface area contributed by atoms with E-state index in [-0.39, 0.29) is 0 Å². The van der Waals surface area contributed by atoms with Gasteiger partial charge in [-0.2, -0.15) is 0 Å². The van der Waals surface area contributed by atoms with Crippen LogP contribution in [-0.4, -0.2) is 49.0 Å². The fourth-order valence-electron chi connectivity index (χ4n) is 1.08. The molecule has 0 amide bonds. The van der Waals surface area contributed by atoms with Crippen LogP contribution in [0.4, 0.5) is 0 Å². The molecule has 0 aliphatic rings. The summed E-state index contributed by atoms with van der Waals surface area (Å²) in [7, 11) is 1.71. The zero-order valence-electron chi connectivity index (χ0n) is 9.34. The van der Waals surface area contributed by atoms with Crippen molar-refractivity contribution in [2.24, 2.45) is 0 Å². The number of aliphatic hydroxyl groups is 1. The lowest BCUT2D eigenvalue weighted by Gasteiger charge is -2.24. The number of hydrogen-bond acceptors (Lipinski definition) is 3. The third-order valence-corrected chi connectivity index (χ3v) is 2.10. The Labute approximate surface area is 81.7 Å². The minimum absolute atomic E-state index is 0.555. The fraction of sp³-hybridized carbons (Fsp3) is 1.00. The Morgan fingerprint density at radius 1 is 1.31 bits per heavy atom. The Bertz CT molecular complexity index is 121. The fourth-order valence-corrected chi connectivity index (χ4v) is 1.08. The Kier molecular flexibility index (Phi) is 6.29. The van der Waals surface area contributed by atoms with Crippen molar-refractivity contribution in [3.8, 4) is 0 Å². The van der Waals surface area contributed by atoms with Crippen molar-refractivity contribution >= 4 is 0 Å². The lowest BCUT2D eigenvalue weighted by Crippen LogP contribution is -2.33. The van der Waals surface area contributed by atoms with Crippen LogP contribution in [0.1, 0.15) is 27.2 Å². The molecule has 80 valence electrons. The summed E-state index contributed by atoms with van der Waals surface area (Å²) in [4.78, 5) is 2.28. The maximum Gasteiger partial charge on any atom is 0.0603 e. The summed E-state index contributed by atoms with van der Waals surface area (Å²) in [6.07, 6.45) is 0.810. The Balaban J connectivity index is 3.59. The molecule has 0 rings (SSSR count). The number of methoxy groups -OCH3 is 1. The van der Waals surface area contributed by atoms with Gasteiger partial charge in [-0.25, -0.2) is 0 Å². The molecule has 0 aliphatic carbocycles. The smallest absolute Gasteiger partial charge is 0.0603 e. The topological polar surface area (TPSA) is 32.7 Å². The van der Waals surface area contributed by atoms with Gasteiger partial charge in [-0.1, -0.05) is 6.92 Å². The predicted octanol–water partition coefficient (Wildman–Crippen LogP) is 1.12. The molecule has 0 radical (unpaired) electrons. The summed E-state index contributed by atoms with van der Waals surface area (Å²) in [6, 6.07) is 0. The summed E-state index contributed by atoms with van der Waals surface area (Å²) < 4.78 is 5.00. The molecule has 0 unspecified atom stereocenters. The first-order chi connectivity index (χ1) is 5.99. The molecule has 0 bridgehead atoms. The van der Waals surface area contributed by atoms with Gasteiger partial charge in [0.2, 0.25) is 0 Å². The number of likely N-dealkylation sites (N-methyl/N-ethyl adjacent to an activating group) is 1. The number of ether oxygens (including phenoxy) is 1. The van der Waals surface area contributed by atoms with Crippen LogP contribution in [0.2, 0.25) is 0 Å². The van der Waals surface area contributed by atoms with Gasteiger partial charge in [-0.3, -0.25) is 0 Å². The highest BCUT2D eigenvalue weighted by atomic mass is 16.5. The third kappa shape index (κ3) is 8.22. The normalized spacial score (nSPS) is 12.5. The zero-order valence-corrected chi connectivity index (χ0v) is 9.34. The second kappa shape index (κ2) is 6.35. The van der Waals surface area contributed by atoms with Crippen LogP contribution in [0, 0.1) is 0 Å². The standard InChI is InChI=1S/C10H23NO2/c1-5-11(8-9-13-4)7-6-10(2,3)12/h12H,5-9H2,1-4H3. The van der Waals surface area contributed by atoms with Crippen molar-refractivity contribution in [3.63, 3.8) is 0 Å². The van der Waals surface area contributed by atoms with E-state index in [1.165, 1.54) is 0 Å². The predicted molar refractivity (Wildman–Crippen MR) is 54.9 cm³/mol. The van der Waals surface area contributed by atoms with Crippen LogP contribution >= 0.6 is 0 Å². The number of hydrogen-bond donors (Lipinski definition) is 1. The molecule has 0 aromatic heterocycles. The van der Waals surface area contributed by atoms with Crippen LogP contribution in [0.5, 0.6) is 0 Å². The summed E-state index contributed by atoms with van der Waals surface area (Å²) in [5, 5.41) is 9.53. The van der Waals surface area contributed by atoms with Crippen LogP contribution in [0.3, 0.4) is 0 Å². The van der Waals surface area contributed by atoms with Gasteiger partial charge in [-0.15, -0.1) is 0 Å². The van der Waals surface area contributed by atoms with E-state index in [2.05, 4.69) is 11.8 Å². The molecule has 0 fully saturated rings. The van der Waals surface area contributed by atoms with Gasteiger partial charge in [0.1, 0.15) is 0 Å². The molecule has 3 heteroatoms. The lowest BCUT2D eigenvalue weighted by atomic mass is 10.1. The SMILES string of the molecule is CCN(CCOC)CCC(C)(C)O. The van der Waals surface area contributed by atoms with Gasteiger partial charge in [0.05, 0.1) is 12.2 Å². The minimum Gasteiger partial charge on any atom is -0.390 e. The molecule has 0 aromatic rings. The van der Waals surface area contributed by atoms with Gasteiger partial charge >= 0.3 is 0 Å². The average Bonchev–Trinajstić information content (AvgIpc) is 2.03. The molecule has 0 aliphatic heterocycles. The highest BCUT2D eigenvalue weighted by molar-refractivity contribution is 4.68. The summed E-state index contributed by atoms with van der Waals surface area (Å²) in [6.45, 7) is 9.47. The maximum atomic E-state index is 9.53. The van der Waals surface area contributed by atoms with Crippen molar-refractivity contribution in [1.82, 2.24) is 4.90 Å². The van der Waals surface area contributed by atoms with Crippen molar-refractivity contribution < 1.29 is 9.84 Å². The first-order valence-corrected chi connectivity index (χ1v) is 4.93. The van der Waals surface area contributed by atoms with E-state index in [1.54, 1.807) is 7.11 Å². The van der Waals surface area contributed by atoms with Gasteiger partial charge in [0, 0.05) is 20.2 Å². The van der Waals surface area contributed by atoms with E-state index in [0.29, 0.717) is 0 Å². The van der Waals surface area contributed by atoms with E-state index < -0.39 is 5.60 Å². The summed E-state index contributed by atoms with van der Waals surface area (Å²) >= 11 is 0.